The van der Waals surface area contributed by atoms with Gasteiger partial charge in [-0.05, 0) is 47.4 Å². The fraction of sp³-hybridized carbons (Fsp3) is 0.455. The molecule has 0 aliphatic carbocycles. The molecule has 1 atom stereocenters. The predicted octanol–water partition coefficient (Wildman–Crippen LogP) is 3.49. The van der Waals surface area contributed by atoms with Gasteiger partial charge in [0.25, 0.3) is 5.91 Å². The van der Waals surface area contributed by atoms with E-state index in [1.807, 2.05) is 44.4 Å². The number of morpholine rings is 1. The molecule has 0 spiro atoms. The fourth-order valence-corrected chi connectivity index (χ4v) is 4.28. The Morgan fingerprint density at radius 1 is 1.29 bits per heavy atom. The van der Waals surface area contributed by atoms with Crippen molar-refractivity contribution in [2.75, 3.05) is 19.7 Å². The van der Waals surface area contributed by atoms with Crippen LogP contribution in [0.2, 0.25) is 0 Å². The van der Waals surface area contributed by atoms with Crippen molar-refractivity contribution in [1.82, 2.24) is 10.2 Å². The molecule has 1 N–H and O–H groups in total. The molecule has 0 radical (unpaired) electrons. The standard InChI is InChI=1S/C22H28N2O3S/c1-4-20(25)24-10-11-27-22(15-24,21(26)23-16(2)3)13-17-7-5-6-8-19(17)18-9-12-28-14-18/h5-9,12,14,16H,4,10-11,13,15H2,1-3H3,(H,23,26). The summed E-state index contributed by atoms with van der Waals surface area (Å²) in [5.41, 5.74) is 2.20. The molecule has 1 aromatic carbocycles. The van der Waals surface area contributed by atoms with Crippen LogP contribution in [0.4, 0.5) is 0 Å². The molecular formula is C22H28N2O3S. The molecule has 2 amide bonds. The zero-order valence-electron chi connectivity index (χ0n) is 16.7. The lowest BCUT2D eigenvalue weighted by atomic mass is 9.87. The molecule has 3 rings (SSSR count). The lowest BCUT2D eigenvalue weighted by Crippen LogP contribution is -2.62. The Morgan fingerprint density at radius 2 is 2.07 bits per heavy atom. The van der Waals surface area contributed by atoms with Gasteiger partial charge in [-0.25, -0.2) is 0 Å². The zero-order chi connectivity index (χ0) is 20.1. The number of nitrogens with one attached hydrogen (secondary N) is 1. The van der Waals surface area contributed by atoms with E-state index in [2.05, 4.69) is 22.8 Å². The average Bonchev–Trinajstić information content (AvgIpc) is 3.22. The van der Waals surface area contributed by atoms with Crippen LogP contribution in [-0.4, -0.2) is 48.1 Å². The van der Waals surface area contributed by atoms with E-state index in [-0.39, 0.29) is 24.4 Å². The molecule has 28 heavy (non-hydrogen) atoms. The van der Waals surface area contributed by atoms with Crippen molar-refractivity contribution in [2.24, 2.45) is 0 Å². The lowest BCUT2D eigenvalue weighted by Gasteiger charge is -2.42. The van der Waals surface area contributed by atoms with Gasteiger partial charge in [-0.3, -0.25) is 9.59 Å². The van der Waals surface area contributed by atoms with Crippen LogP contribution in [-0.2, 0) is 20.7 Å². The molecule has 2 aromatic rings. The van der Waals surface area contributed by atoms with Gasteiger partial charge in [0.1, 0.15) is 0 Å². The molecule has 1 aliphatic rings. The van der Waals surface area contributed by atoms with Crippen molar-refractivity contribution in [3.63, 3.8) is 0 Å². The highest BCUT2D eigenvalue weighted by Crippen LogP contribution is 2.31. The van der Waals surface area contributed by atoms with Crippen LogP contribution in [0.15, 0.2) is 41.1 Å². The Bertz CT molecular complexity index is 819. The Morgan fingerprint density at radius 3 is 2.75 bits per heavy atom. The summed E-state index contributed by atoms with van der Waals surface area (Å²) in [5.74, 6) is -0.104. The van der Waals surface area contributed by atoms with Crippen LogP contribution in [0.5, 0.6) is 0 Å². The minimum absolute atomic E-state index is 0.00246. The van der Waals surface area contributed by atoms with Crippen LogP contribution in [0.1, 0.15) is 32.8 Å². The van der Waals surface area contributed by atoms with Crippen LogP contribution >= 0.6 is 11.3 Å². The Labute approximate surface area is 170 Å². The zero-order valence-corrected chi connectivity index (χ0v) is 17.6. The summed E-state index contributed by atoms with van der Waals surface area (Å²) in [7, 11) is 0. The van der Waals surface area contributed by atoms with Gasteiger partial charge in [0.05, 0.1) is 13.2 Å². The minimum Gasteiger partial charge on any atom is -0.361 e. The third-order valence-electron chi connectivity index (χ3n) is 5.00. The number of carbonyl (C=O) groups is 2. The SMILES string of the molecule is CCC(=O)N1CCOC(Cc2ccccc2-c2ccsc2)(C(=O)NC(C)C)C1. The molecule has 150 valence electrons. The molecule has 0 bridgehead atoms. The van der Waals surface area contributed by atoms with Crippen molar-refractivity contribution >= 4 is 23.2 Å². The van der Waals surface area contributed by atoms with E-state index in [0.717, 1.165) is 16.7 Å². The van der Waals surface area contributed by atoms with Crippen molar-refractivity contribution in [1.29, 1.82) is 0 Å². The second-order valence-corrected chi connectivity index (χ2v) is 8.27. The number of rotatable bonds is 6. The van der Waals surface area contributed by atoms with Crippen LogP contribution in [0.3, 0.4) is 0 Å². The highest BCUT2D eigenvalue weighted by molar-refractivity contribution is 7.08. The van der Waals surface area contributed by atoms with Crippen molar-refractivity contribution < 1.29 is 14.3 Å². The summed E-state index contributed by atoms with van der Waals surface area (Å²) < 4.78 is 6.13. The normalized spacial score (nSPS) is 19.6. The van der Waals surface area contributed by atoms with E-state index >= 15 is 0 Å². The smallest absolute Gasteiger partial charge is 0.254 e. The second kappa shape index (κ2) is 8.88. The van der Waals surface area contributed by atoms with Gasteiger partial charge < -0.3 is 15.0 Å². The minimum atomic E-state index is -1.08. The number of benzene rings is 1. The summed E-state index contributed by atoms with van der Waals surface area (Å²) >= 11 is 1.65. The van der Waals surface area contributed by atoms with Crippen LogP contribution < -0.4 is 5.32 Å². The molecule has 1 fully saturated rings. The third-order valence-corrected chi connectivity index (χ3v) is 5.68. The van der Waals surface area contributed by atoms with Gasteiger partial charge in [0, 0.05) is 25.4 Å². The van der Waals surface area contributed by atoms with E-state index in [1.54, 1.807) is 16.2 Å². The molecule has 5 nitrogen and oxygen atoms in total. The van der Waals surface area contributed by atoms with Crippen molar-refractivity contribution in [3.05, 3.63) is 46.7 Å². The van der Waals surface area contributed by atoms with E-state index < -0.39 is 5.60 Å². The Balaban J connectivity index is 1.97. The number of hydrogen-bond donors (Lipinski definition) is 1. The second-order valence-electron chi connectivity index (χ2n) is 7.49. The summed E-state index contributed by atoms with van der Waals surface area (Å²) in [6.07, 6.45) is 0.846. The number of carbonyl (C=O) groups excluding carboxylic acids is 2. The number of nitrogens with zero attached hydrogens (tertiary/aromatic N) is 1. The molecule has 2 heterocycles. The highest BCUT2D eigenvalue weighted by atomic mass is 32.1. The van der Waals surface area contributed by atoms with Gasteiger partial charge in [-0.2, -0.15) is 11.3 Å². The van der Waals surface area contributed by atoms with Gasteiger partial charge in [0.2, 0.25) is 5.91 Å². The van der Waals surface area contributed by atoms with E-state index in [1.165, 1.54) is 0 Å². The molecular weight excluding hydrogens is 372 g/mol. The molecule has 1 saturated heterocycles. The van der Waals surface area contributed by atoms with Gasteiger partial charge in [-0.15, -0.1) is 0 Å². The lowest BCUT2D eigenvalue weighted by molar-refractivity contribution is -0.166. The average molecular weight is 401 g/mol. The predicted molar refractivity (Wildman–Crippen MR) is 112 cm³/mol. The summed E-state index contributed by atoms with van der Waals surface area (Å²) in [5, 5.41) is 7.16. The third kappa shape index (κ3) is 4.45. The first-order valence-electron chi connectivity index (χ1n) is 9.78. The number of ether oxygens (including phenoxy) is 1. The summed E-state index contributed by atoms with van der Waals surface area (Å²) in [6.45, 7) is 6.87. The first kappa shape index (κ1) is 20.6. The quantitative estimate of drug-likeness (QED) is 0.808. The largest absolute Gasteiger partial charge is 0.361 e. The van der Waals surface area contributed by atoms with Gasteiger partial charge in [0.15, 0.2) is 5.60 Å². The van der Waals surface area contributed by atoms with Crippen LogP contribution in [0.25, 0.3) is 11.1 Å². The van der Waals surface area contributed by atoms with E-state index in [0.29, 0.717) is 26.0 Å². The maximum Gasteiger partial charge on any atom is 0.254 e. The number of thiophene rings is 1. The fourth-order valence-electron chi connectivity index (χ4n) is 3.62. The maximum absolute atomic E-state index is 13.2. The number of amides is 2. The first-order valence-corrected chi connectivity index (χ1v) is 10.7. The Kier molecular flexibility index (Phi) is 6.52. The maximum atomic E-state index is 13.2. The highest BCUT2D eigenvalue weighted by Gasteiger charge is 2.45. The van der Waals surface area contributed by atoms with Crippen LogP contribution in [0, 0.1) is 0 Å². The molecule has 1 aliphatic heterocycles. The van der Waals surface area contributed by atoms with Crippen molar-refractivity contribution in [3.8, 4) is 11.1 Å². The van der Waals surface area contributed by atoms with E-state index in [9.17, 15) is 9.59 Å². The topological polar surface area (TPSA) is 58.6 Å². The summed E-state index contributed by atoms with van der Waals surface area (Å²) in [6, 6.07) is 10.2. The molecule has 6 heteroatoms. The molecule has 1 aromatic heterocycles. The number of hydrogen-bond acceptors (Lipinski definition) is 4. The Hall–Kier alpha value is -2.18. The monoisotopic (exact) mass is 400 g/mol. The van der Waals surface area contributed by atoms with Gasteiger partial charge in [-0.1, -0.05) is 31.2 Å². The van der Waals surface area contributed by atoms with E-state index in [4.69, 9.17) is 4.74 Å². The molecule has 1 unspecified atom stereocenters. The van der Waals surface area contributed by atoms with Crippen molar-refractivity contribution in [2.45, 2.75) is 45.3 Å². The van der Waals surface area contributed by atoms with Gasteiger partial charge >= 0.3 is 0 Å². The first-order chi connectivity index (χ1) is 13.4. The molecule has 0 saturated carbocycles. The summed E-state index contributed by atoms with van der Waals surface area (Å²) in [4.78, 5) is 27.3.